The number of methoxy groups -OCH3 is 1. The molecule has 0 fully saturated rings. The number of thiazole rings is 1. The van der Waals surface area contributed by atoms with Gasteiger partial charge in [0, 0.05) is 12.5 Å². The quantitative estimate of drug-likeness (QED) is 0.830. The second-order valence-corrected chi connectivity index (χ2v) is 4.71. The van der Waals surface area contributed by atoms with Crippen molar-refractivity contribution in [2.45, 2.75) is 32.9 Å². The maximum atomic E-state index is 5.32. The molecule has 0 radical (unpaired) electrons. The molecule has 0 aliphatic rings. The predicted octanol–water partition coefficient (Wildman–Crippen LogP) is 2.24. The standard InChI is InChI=1S/C11H16N4O2S/c1-3-4-10-13-8(7-18-10)5-12-11-15-14-9(17-11)6-16-2/h7H,3-6H2,1-2H3,(H,12,15). The first-order valence-electron chi connectivity index (χ1n) is 5.80. The summed E-state index contributed by atoms with van der Waals surface area (Å²) in [7, 11) is 1.59. The topological polar surface area (TPSA) is 73.1 Å². The van der Waals surface area contributed by atoms with Gasteiger partial charge in [-0.05, 0) is 12.8 Å². The van der Waals surface area contributed by atoms with E-state index < -0.39 is 0 Å². The zero-order valence-corrected chi connectivity index (χ0v) is 11.3. The molecule has 6 nitrogen and oxygen atoms in total. The Morgan fingerprint density at radius 3 is 3.11 bits per heavy atom. The number of nitrogens with zero attached hydrogens (tertiary/aromatic N) is 3. The minimum absolute atomic E-state index is 0.325. The Morgan fingerprint density at radius 1 is 1.44 bits per heavy atom. The van der Waals surface area contributed by atoms with E-state index in [1.54, 1.807) is 18.4 Å². The van der Waals surface area contributed by atoms with Crippen molar-refractivity contribution in [3.8, 4) is 0 Å². The Labute approximate surface area is 109 Å². The van der Waals surface area contributed by atoms with E-state index in [2.05, 4.69) is 27.4 Å². The molecule has 0 amide bonds. The third-order valence-corrected chi connectivity index (χ3v) is 3.18. The van der Waals surface area contributed by atoms with Crippen molar-refractivity contribution in [3.63, 3.8) is 0 Å². The van der Waals surface area contributed by atoms with Crippen LogP contribution in [0, 0.1) is 0 Å². The Balaban J connectivity index is 1.85. The molecule has 0 aliphatic heterocycles. The van der Waals surface area contributed by atoms with Crippen LogP contribution in [0.2, 0.25) is 0 Å². The molecule has 0 atom stereocenters. The monoisotopic (exact) mass is 268 g/mol. The fourth-order valence-electron chi connectivity index (χ4n) is 1.43. The molecule has 0 unspecified atom stereocenters. The molecular weight excluding hydrogens is 252 g/mol. The van der Waals surface area contributed by atoms with Crippen molar-refractivity contribution in [2.75, 3.05) is 12.4 Å². The van der Waals surface area contributed by atoms with E-state index in [0.29, 0.717) is 25.1 Å². The first kappa shape index (κ1) is 13.0. The fourth-order valence-corrected chi connectivity index (χ4v) is 2.33. The van der Waals surface area contributed by atoms with Crippen molar-refractivity contribution in [1.82, 2.24) is 15.2 Å². The molecule has 7 heteroatoms. The van der Waals surface area contributed by atoms with Gasteiger partial charge in [-0.15, -0.1) is 16.4 Å². The van der Waals surface area contributed by atoms with Crippen molar-refractivity contribution in [2.24, 2.45) is 0 Å². The average molecular weight is 268 g/mol. The summed E-state index contributed by atoms with van der Waals surface area (Å²) >= 11 is 1.68. The highest BCUT2D eigenvalue weighted by Crippen LogP contribution is 2.13. The highest BCUT2D eigenvalue weighted by atomic mass is 32.1. The zero-order chi connectivity index (χ0) is 12.8. The second-order valence-electron chi connectivity index (χ2n) is 3.77. The summed E-state index contributed by atoms with van der Waals surface area (Å²) < 4.78 is 10.2. The molecule has 0 aromatic carbocycles. The molecule has 0 bridgehead atoms. The zero-order valence-electron chi connectivity index (χ0n) is 10.5. The molecule has 0 spiro atoms. The van der Waals surface area contributed by atoms with E-state index in [9.17, 15) is 0 Å². The molecule has 98 valence electrons. The van der Waals surface area contributed by atoms with Gasteiger partial charge in [-0.25, -0.2) is 4.98 Å². The van der Waals surface area contributed by atoms with Crippen LogP contribution in [0.3, 0.4) is 0 Å². The molecule has 18 heavy (non-hydrogen) atoms. The van der Waals surface area contributed by atoms with Crippen LogP contribution in [0.25, 0.3) is 0 Å². The number of aryl methyl sites for hydroxylation is 1. The third-order valence-electron chi connectivity index (χ3n) is 2.22. The van der Waals surface area contributed by atoms with Gasteiger partial charge in [0.15, 0.2) is 0 Å². The first-order valence-corrected chi connectivity index (χ1v) is 6.68. The summed E-state index contributed by atoms with van der Waals surface area (Å²) in [6.07, 6.45) is 2.15. The Kier molecular flexibility index (Phi) is 4.66. The number of hydrogen-bond donors (Lipinski definition) is 1. The normalized spacial score (nSPS) is 10.8. The second kappa shape index (κ2) is 6.46. The van der Waals surface area contributed by atoms with Gasteiger partial charge in [-0.3, -0.25) is 0 Å². The highest BCUT2D eigenvalue weighted by molar-refractivity contribution is 7.09. The van der Waals surface area contributed by atoms with Crippen molar-refractivity contribution in [3.05, 3.63) is 22.0 Å². The fraction of sp³-hybridized carbons (Fsp3) is 0.545. The van der Waals surface area contributed by atoms with Crippen molar-refractivity contribution < 1.29 is 9.15 Å². The lowest BCUT2D eigenvalue weighted by Crippen LogP contribution is -2.00. The number of hydrogen-bond acceptors (Lipinski definition) is 7. The number of nitrogens with one attached hydrogen (secondary N) is 1. The van der Waals surface area contributed by atoms with E-state index >= 15 is 0 Å². The summed E-state index contributed by atoms with van der Waals surface area (Å²) in [5.74, 6) is 0.463. The number of aromatic nitrogens is 3. The van der Waals surface area contributed by atoms with Crippen LogP contribution < -0.4 is 5.32 Å². The lowest BCUT2D eigenvalue weighted by molar-refractivity contribution is 0.160. The maximum Gasteiger partial charge on any atom is 0.315 e. The summed E-state index contributed by atoms with van der Waals surface area (Å²) in [6, 6.07) is 0.395. The average Bonchev–Trinajstić information content (AvgIpc) is 2.97. The molecule has 2 aromatic rings. The van der Waals surface area contributed by atoms with E-state index in [-0.39, 0.29) is 0 Å². The summed E-state index contributed by atoms with van der Waals surface area (Å²) in [4.78, 5) is 4.50. The van der Waals surface area contributed by atoms with E-state index in [1.165, 1.54) is 5.01 Å². The van der Waals surface area contributed by atoms with Gasteiger partial charge in [0.2, 0.25) is 5.89 Å². The van der Waals surface area contributed by atoms with E-state index in [0.717, 1.165) is 18.5 Å². The lowest BCUT2D eigenvalue weighted by Gasteiger charge is -1.97. The van der Waals surface area contributed by atoms with Crippen LogP contribution in [0.15, 0.2) is 9.80 Å². The lowest BCUT2D eigenvalue weighted by atomic mass is 10.3. The maximum absolute atomic E-state index is 5.32. The summed E-state index contributed by atoms with van der Waals surface area (Å²) in [5.41, 5.74) is 0.995. The minimum Gasteiger partial charge on any atom is -0.406 e. The van der Waals surface area contributed by atoms with Crippen molar-refractivity contribution >= 4 is 17.4 Å². The molecule has 2 aromatic heterocycles. The van der Waals surface area contributed by atoms with E-state index in [1.807, 2.05) is 5.38 Å². The van der Waals surface area contributed by atoms with Crippen LogP contribution in [-0.4, -0.2) is 22.3 Å². The van der Waals surface area contributed by atoms with Gasteiger partial charge in [0.05, 0.1) is 17.2 Å². The van der Waals surface area contributed by atoms with Crippen LogP contribution >= 0.6 is 11.3 Å². The molecule has 2 heterocycles. The number of anilines is 1. The van der Waals surface area contributed by atoms with Gasteiger partial charge < -0.3 is 14.5 Å². The van der Waals surface area contributed by atoms with Crippen LogP contribution in [0.1, 0.15) is 29.9 Å². The molecule has 2 rings (SSSR count). The van der Waals surface area contributed by atoms with Gasteiger partial charge in [0.25, 0.3) is 0 Å². The molecule has 1 N–H and O–H groups in total. The number of rotatable bonds is 7. The smallest absolute Gasteiger partial charge is 0.315 e. The molecule has 0 saturated carbocycles. The molecule has 0 saturated heterocycles. The number of ether oxygens (including phenoxy) is 1. The SMILES string of the molecule is CCCc1nc(CNc2nnc(COC)o2)cs1. The predicted molar refractivity (Wildman–Crippen MR) is 68.4 cm³/mol. The van der Waals surface area contributed by atoms with Crippen LogP contribution in [-0.2, 0) is 24.3 Å². The Morgan fingerprint density at radius 2 is 2.33 bits per heavy atom. The van der Waals surface area contributed by atoms with Gasteiger partial charge in [0.1, 0.15) is 6.61 Å². The molecule has 0 aliphatic carbocycles. The Bertz CT molecular complexity index is 439. The van der Waals surface area contributed by atoms with E-state index in [4.69, 9.17) is 9.15 Å². The highest BCUT2D eigenvalue weighted by Gasteiger charge is 2.06. The van der Waals surface area contributed by atoms with Crippen molar-refractivity contribution in [1.29, 1.82) is 0 Å². The summed E-state index contributed by atoms with van der Waals surface area (Å²) in [6.45, 7) is 3.07. The van der Waals surface area contributed by atoms with Crippen LogP contribution in [0.4, 0.5) is 6.01 Å². The van der Waals surface area contributed by atoms with Gasteiger partial charge >= 0.3 is 6.01 Å². The van der Waals surface area contributed by atoms with Gasteiger partial charge in [-0.1, -0.05) is 12.0 Å². The Hall–Kier alpha value is -1.47. The molecular formula is C11H16N4O2S. The third kappa shape index (κ3) is 3.51. The van der Waals surface area contributed by atoms with Crippen LogP contribution in [0.5, 0.6) is 0 Å². The largest absolute Gasteiger partial charge is 0.406 e. The summed E-state index contributed by atoms with van der Waals surface area (Å²) in [5, 5.41) is 13.9. The first-order chi connectivity index (χ1) is 8.81. The minimum atomic E-state index is 0.325. The van der Waals surface area contributed by atoms with Gasteiger partial charge in [-0.2, -0.15) is 0 Å².